The summed E-state index contributed by atoms with van der Waals surface area (Å²) in [7, 11) is 0. The smallest absolute Gasteiger partial charge is 0.241 e. The van der Waals surface area contributed by atoms with E-state index in [1.165, 1.54) is 0 Å². The van der Waals surface area contributed by atoms with E-state index in [9.17, 15) is 0 Å². The Morgan fingerprint density at radius 3 is 2.71 bits per heavy atom. The highest BCUT2D eigenvalue weighted by molar-refractivity contribution is 5.39. The van der Waals surface area contributed by atoms with Gasteiger partial charge in [0, 0.05) is 25.5 Å². The van der Waals surface area contributed by atoms with Crippen LogP contribution in [0.2, 0.25) is 0 Å². The van der Waals surface area contributed by atoms with Crippen LogP contribution in [0.5, 0.6) is 0 Å². The zero-order chi connectivity index (χ0) is 15.0. The lowest BCUT2D eigenvalue weighted by Gasteiger charge is -2.41. The van der Waals surface area contributed by atoms with E-state index in [4.69, 9.17) is 10.5 Å². The molecule has 0 amide bonds. The second-order valence-corrected chi connectivity index (χ2v) is 5.83. The number of morpholine rings is 1. The van der Waals surface area contributed by atoms with Crippen molar-refractivity contribution in [2.75, 3.05) is 23.7 Å². The van der Waals surface area contributed by atoms with Crippen LogP contribution in [0.3, 0.4) is 0 Å². The summed E-state index contributed by atoms with van der Waals surface area (Å²) in [4.78, 5) is 19.0. The maximum Gasteiger partial charge on any atom is 0.241 e. The summed E-state index contributed by atoms with van der Waals surface area (Å²) in [6, 6.07) is 0. The number of nitrogens with two attached hydrogens (primary N) is 1. The van der Waals surface area contributed by atoms with Crippen LogP contribution in [0.25, 0.3) is 5.95 Å². The van der Waals surface area contributed by atoms with Crippen LogP contribution in [0, 0.1) is 0 Å². The van der Waals surface area contributed by atoms with Crippen LogP contribution < -0.4 is 10.6 Å². The van der Waals surface area contributed by atoms with Crippen LogP contribution in [0.1, 0.15) is 20.8 Å². The highest BCUT2D eigenvalue weighted by Gasteiger charge is 2.32. The minimum absolute atomic E-state index is 0.100. The van der Waals surface area contributed by atoms with Gasteiger partial charge in [0.15, 0.2) is 0 Å². The van der Waals surface area contributed by atoms with Crippen LogP contribution in [-0.2, 0) is 4.74 Å². The molecule has 1 atom stereocenters. The van der Waals surface area contributed by atoms with Gasteiger partial charge >= 0.3 is 0 Å². The number of hydrogen-bond donors (Lipinski definition) is 1. The largest absolute Gasteiger partial charge is 0.369 e. The highest BCUT2D eigenvalue weighted by atomic mass is 16.5. The van der Waals surface area contributed by atoms with E-state index in [1.54, 1.807) is 23.3 Å². The van der Waals surface area contributed by atoms with E-state index in [-0.39, 0.29) is 17.7 Å². The number of nitrogen functional groups attached to an aromatic ring is 1. The van der Waals surface area contributed by atoms with Crippen molar-refractivity contribution in [3.8, 4) is 5.95 Å². The Balaban J connectivity index is 1.95. The lowest BCUT2D eigenvalue weighted by atomic mass is 10.1. The standard InChI is InChI=1S/C13H19N7O/c1-9-6-20(7-13(2,3)21-9)12-17-10(14)16-11(18-12)19-5-4-15-8-19/h4-5,8-9H,6-7H2,1-3H3,(H2,14,16,17,18). The molecule has 2 aromatic rings. The third-order valence-electron chi connectivity index (χ3n) is 3.22. The monoisotopic (exact) mass is 289 g/mol. The normalized spacial score (nSPS) is 21.5. The summed E-state index contributed by atoms with van der Waals surface area (Å²) in [5.41, 5.74) is 5.56. The summed E-state index contributed by atoms with van der Waals surface area (Å²) in [6.45, 7) is 7.56. The number of aromatic nitrogens is 5. The molecule has 0 aliphatic carbocycles. The SMILES string of the molecule is CC1CN(c2nc(N)nc(-n3ccnc3)n2)CC(C)(C)O1. The molecule has 1 aliphatic rings. The maximum absolute atomic E-state index is 5.90. The molecule has 3 heterocycles. The summed E-state index contributed by atoms with van der Waals surface area (Å²) >= 11 is 0. The first kappa shape index (κ1) is 13.7. The van der Waals surface area contributed by atoms with Crippen LogP contribution >= 0.6 is 0 Å². The van der Waals surface area contributed by atoms with Crippen molar-refractivity contribution in [2.24, 2.45) is 0 Å². The van der Waals surface area contributed by atoms with Crippen molar-refractivity contribution in [1.82, 2.24) is 24.5 Å². The van der Waals surface area contributed by atoms with E-state index in [0.717, 1.165) is 6.54 Å². The predicted molar refractivity (Wildman–Crippen MR) is 78.2 cm³/mol. The zero-order valence-electron chi connectivity index (χ0n) is 12.4. The van der Waals surface area contributed by atoms with Crippen molar-refractivity contribution >= 4 is 11.9 Å². The topological polar surface area (TPSA) is 95.0 Å². The number of imidazole rings is 1. The first-order chi connectivity index (χ1) is 9.93. The molecular weight excluding hydrogens is 270 g/mol. The molecule has 0 radical (unpaired) electrons. The fraction of sp³-hybridized carbons (Fsp3) is 0.538. The minimum Gasteiger partial charge on any atom is -0.369 e. The average Bonchev–Trinajstić information content (AvgIpc) is 2.89. The molecule has 1 aliphatic heterocycles. The van der Waals surface area contributed by atoms with Crippen molar-refractivity contribution in [3.05, 3.63) is 18.7 Å². The molecular formula is C13H19N7O. The lowest BCUT2D eigenvalue weighted by molar-refractivity contribution is -0.0753. The van der Waals surface area contributed by atoms with E-state index in [0.29, 0.717) is 18.4 Å². The zero-order valence-corrected chi connectivity index (χ0v) is 12.4. The number of hydrogen-bond acceptors (Lipinski definition) is 7. The molecule has 112 valence electrons. The summed E-state index contributed by atoms with van der Waals surface area (Å²) in [5, 5.41) is 0. The van der Waals surface area contributed by atoms with Crippen molar-refractivity contribution in [3.63, 3.8) is 0 Å². The Labute approximate surface area is 123 Å². The van der Waals surface area contributed by atoms with Gasteiger partial charge in [0.1, 0.15) is 6.33 Å². The second-order valence-electron chi connectivity index (χ2n) is 5.83. The van der Waals surface area contributed by atoms with E-state index in [1.807, 2.05) is 6.92 Å². The number of nitrogens with zero attached hydrogens (tertiary/aromatic N) is 6. The van der Waals surface area contributed by atoms with Gasteiger partial charge in [0.2, 0.25) is 17.8 Å². The van der Waals surface area contributed by atoms with Gasteiger partial charge in [0.25, 0.3) is 0 Å². The molecule has 0 bridgehead atoms. The molecule has 1 saturated heterocycles. The molecule has 21 heavy (non-hydrogen) atoms. The van der Waals surface area contributed by atoms with Crippen molar-refractivity contribution in [1.29, 1.82) is 0 Å². The Morgan fingerprint density at radius 1 is 1.29 bits per heavy atom. The number of anilines is 2. The van der Waals surface area contributed by atoms with Crippen LogP contribution in [0.4, 0.5) is 11.9 Å². The molecule has 0 saturated carbocycles. The van der Waals surface area contributed by atoms with Gasteiger partial charge in [-0.2, -0.15) is 15.0 Å². The Kier molecular flexibility index (Phi) is 3.25. The van der Waals surface area contributed by atoms with Crippen molar-refractivity contribution < 1.29 is 4.74 Å². The minimum atomic E-state index is -0.256. The fourth-order valence-electron chi connectivity index (χ4n) is 2.61. The van der Waals surface area contributed by atoms with Gasteiger partial charge in [-0.05, 0) is 20.8 Å². The van der Waals surface area contributed by atoms with Gasteiger partial charge in [0.05, 0.1) is 11.7 Å². The molecule has 2 aromatic heterocycles. The lowest BCUT2D eigenvalue weighted by Crippen LogP contribution is -2.52. The summed E-state index contributed by atoms with van der Waals surface area (Å²) < 4.78 is 7.60. The van der Waals surface area contributed by atoms with E-state index in [2.05, 4.69) is 38.7 Å². The molecule has 3 rings (SSSR count). The Morgan fingerprint density at radius 2 is 2.05 bits per heavy atom. The second kappa shape index (κ2) is 4.96. The fourth-order valence-corrected chi connectivity index (χ4v) is 2.61. The third kappa shape index (κ3) is 2.94. The summed E-state index contributed by atoms with van der Waals surface area (Å²) in [5.74, 6) is 1.22. The first-order valence-corrected chi connectivity index (χ1v) is 6.86. The Hall–Kier alpha value is -2.22. The highest BCUT2D eigenvalue weighted by Crippen LogP contribution is 2.24. The molecule has 8 heteroatoms. The number of rotatable bonds is 2. The van der Waals surface area contributed by atoms with Gasteiger partial charge < -0.3 is 15.4 Å². The molecule has 8 nitrogen and oxygen atoms in total. The van der Waals surface area contributed by atoms with Crippen LogP contribution in [-0.4, -0.2) is 49.3 Å². The molecule has 2 N–H and O–H groups in total. The Bertz CT molecular complexity index is 625. The molecule has 0 spiro atoms. The quantitative estimate of drug-likeness (QED) is 0.867. The first-order valence-electron chi connectivity index (χ1n) is 6.86. The predicted octanol–water partition coefficient (Wildman–Crippen LogP) is 0.643. The average molecular weight is 289 g/mol. The maximum atomic E-state index is 5.90. The van der Waals surface area contributed by atoms with Gasteiger partial charge in [-0.25, -0.2) is 4.98 Å². The number of ether oxygens (including phenoxy) is 1. The van der Waals surface area contributed by atoms with Crippen LogP contribution in [0.15, 0.2) is 18.7 Å². The van der Waals surface area contributed by atoms with E-state index >= 15 is 0 Å². The van der Waals surface area contributed by atoms with E-state index < -0.39 is 0 Å². The molecule has 1 unspecified atom stereocenters. The molecule has 0 aromatic carbocycles. The van der Waals surface area contributed by atoms with Crippen molar-refractivity contribution in [2.45, 2.75) is 32.5 Å². The van der Waals surface area contributed by atoms with Gasteiger partial charge in [-0.1, -0.05) is 0 Å². The third-order valence-corrected chi connectivity index (χ3v) is 3.22. The molecule has 1 fully saturated rings. The van der Waals surface area contributed by atoms with Gasteiger partial charge in [-0.15, -0.1) is 0 Å². The summed E-state index contributed by atoms with van der Waals surface area (Å²) in [6.07, 6.45) is 5.16. The van der Waals surface area contributed by atoms with Gasteiger partial charge in [-0.3, -0.25) is 4.57 Å².